The Morgan fingerprint density at radius 3 is 2.59 bits per heavy atom. The van der Waals surface area contributed by atoms with Crippen molar-refractivity contribution in [2.75, 3.05) is 40.3 Å². The molecule has 0 amide bonds. The van der Waals surface area contributed by atoms with Crippen LogP contribution in [0.2, 0.25) is 0 Å². The molecule has 1 aliphatic rings. The number of halogens is 1. The molecule has 160 valence electrons. The predicted molar refractivity (Wildman–Crippen MR) is 128 cm³/mol. The number of benzene rings is 1. The first-order valence-electron chi connectivity index (χ1n) is 10.1. The second kappa shape index (κ2) is 12.1. The first kappa shape index (κ1) is 23.5. The molecule has 0 saturated carbocycles. The second-order valence-corrected chi connectivity index (χ2v) is 7.15. The maximum Gasteiger partial charge on any atom is 0.191 e. The van der Waals surface area contributed by atoms with E-state index < -0.39 is 0 Å². The lowest BCUT2D eigenvalue weighted by atomic mass is 10.1. The van der Waals surface area contributed by atoms with Crippen molar-refractivity contribution in [3.63, 3.8) is 0 Å². The van der Waals surface area contributed by atoms with Crippen LogP contribution in [0.3, 0.4) is 0 Å². The van der Waals surface area contributed by atoms with Gasteiger partial charge in [0.05, 0.1) is 13.2 Å². The van der Waals surface area contributed by atoms with Gasteiger partial charge in [-0.2, -0.15) is 0 Å². The first-order valence-corrected chi connectivity index (χ1v) is 10.1. The number of hydrogen-bond donors (Lipinski definition) is 2. The smallest absolute Gasteiger partial charge is 0.191 e. The summed E-state index contributed by atoms with van der Waals surface area (Å²) in [5.74, 6) is 3.71. The molecule has 2 aromatic rings. The van der Waals surface area contributed by atoms with E-state index in [2.05, 4.69) is 32.7 Å². The van der Waals surface area contributed by atoms with Crippen molar-refractivity contribution in [3.05, 3.63) is 53.5 Å². The van der Waals surface area contributed by atoms with Crippen molar-refractivity contribution in [1.29, 1.82) is 0 Å². The molecular weight excluding hydrogens is 479 g/mol. The summed E-state index contributed by atoms with van der Waals surface area (Å²) in [4.78, 5) is 6.87. The van der Waals surface area contributed by atoms with Gasteiger partial charge >= 0.3 is 0 Å². The van der Waals surface area contributed by atoms with E-state index >= 15 is 0 Å². The van der Waals surface area contributed by atoms with E-state index in [0.29, 0.717) is 0 Å². The maximum absolute atomic E-state index is 5.93. The Labute approximate surface area is 191 Å². The Morgan fingerprint density at radius 2 is 1.93 bits per heavy atom. The van der Waals surface area contributed by atoms with Crippen LogP contribution in [-0.2, 0) is 6.42 Å². The minimum atomic E-state index is 0. The van der Waals surface area contributed by atoms with Crippen molar-refractivity contribution >= 4 is 29.9 Å². The van der Waals surface area contributed by atoms with Gasteiger partial charge < -0.3 is 19.8 Å². The van der Waals surface area contributed by atoms with E-state index in [1.165, 1.54) is 18.4 Å². The molecule has 1 unspecified atom stereocenters. The van der Waals surface area contributed by atoms with E-state index in [0.717, 1.165) is 55.8 Å². The number of nitrogens with zero attached hydrogens (tertiary/aromatic N) is 2. The lowest BCUT2D eigenvalue weighted by Gasteiger charge is -2.26. The number of aliphatic imine (C=N–C) groups is 1. The molecule has 1 aliphatic heterocycles. The van der Waals surface area contributed by atoms with Crippen LogP contribution in [-0.4, -0.2) is 51.2 Å². The molecule has 7 heteroatoms. The second-order valence-electron chi connectivity index (χ2n) is 7.15. The quantitative estimate of drug-likeness (QED) is 0.321. The van der Waals surface area contributed by atoms with Crippen molar-refractivity contribution in [3.8, 4) is 5.75 Å². The molecule has 1 aromatic carbocycles. The number of furan rings is 1. The predicted octanol–water partition coefficient (Wildman–Crippen LogP) is 3.76. The fourth-order valence-corrected chi connectivity index (χ4v) is 3.73. The van der Waals surface area contributed by atoms with Crippen LogP contribution in [0, 0.1) is 6.92 Å². The Hall–Kier alpha value is -1.74. The average molecular weight is 512 g/mol. The van der Waals surface area contributed by atoms with Crippen molar-refractivity contribution in [1.82, 2.24) is 15.5 Å². The van der Waals surface area contributed by atoms with Crippen molar-refractivity contribution in [2.24, 2.45) is 4.99 Å². The fourth-order valence-electron chi connectivity index (χ4n) is 3.73. The number of hydrogen-bond acceptors (Lipinski definition) is 4. The third-order valence-corrected chi connectivity index (χ3v) is 5.24. The Balaban J connectivity index is 0.00000300. The summed E-state index contributed by atoms with van der Waals surface area (Å²) in [6.07, 6.45) is 3.38. The zero-order chi connectivity index (χ0) is 19.8. The Bertz CT molecular complexity index is 772. The highest BCUT2D eigenvalue weighted by Gasteiger charge is 2.26. The molecule has 0 spiro atoms. The summed E-state index contributed by atoms with van der Waals surface area (Å²) in [6.45, 7) is 5.78. The topological polar surface area (TPSA) is 62.0 Å². The molecule has 2 N–H and O–H groups in total. The van der Waals surface area contributed by atoms with Crippen LogP contribution in [0.1, 0.15) is 36.0 Å². The standard InChI is InChI=1S/C22H32N4O2.HI/c1-17-10-11-21(28-17)19(26-14-6-7-15-26)16-25-22(23-2)24-13-12-18-8-4-5-9-20(18)27-3;/h4-5,8-11,19H,6-7,12-16H2,1-3H3,(H2,23,24,25);1H. The lowest BCUT2D eigenvalue weighted by Crippen LogP contribution is -2.43. The van der Waals surface area contributed by atoms with Gasteiger partial charge in [-0.05, 0) is 63.0 Å². The maximum atomic E-state index is 5.93. The summed E-state index contributed by atoms with van der Waals surface area (Å²) in [6, 6.07) is 12.5. The zero-order valence-electron chi connectivity index (χ0n) is 17.6. The van der Waals surface area contributed by atoms with Crippen LogP contribution in [0.15, 0.2) is 45.8 Å². The molecule has 29 heavy (non-hydrogen) atoms. The van der Waals surface area contributed by atoms with Gasteiger partial charge in [0.25, 0.3) is 0 Å². The van der Waals surface area contributed by atoms with E-state index in [1.54, 1.807) is 14.2 Å². The van der Waals surface area contributed by atoms with Crippen LogP contribution >= 0.6 is 24.0 Å². The molecule has 0 aliphatic carbocycles. The molecule has 3 rings (SSSR count). The molecule has 2 heterocycles. The molecule has 0 bridgehead atoms. The summed E-state index contributed by atoms with van der Waals surface area (Å²) in [5, 5.41) is 6.88. The molecule has 1 saturated heterocycles. The third-order valence-electron chi connectivity index (χ3n) is 5.24. The van der Waals surface area contributed by atoms with Gasteiger partial charge in [0.15, 0.2) is 5.96 Å². The van der Waals surface area contributed by atoms with Gasteiger partial charge in [-0.3, -0.25) is 9.89 Å². The number of likely N-dealkylation sites (tertiary alicyclic amines) is 1. The molecule has 1 aromatic heterocycles. The summed E-state index contributed by atoms with van der Waals surface area (Å²) in [7, 11) is 3.52. The number of para-hydroxylation sites is 1. The highest BCUT2D eigenvalue weighted by molar-refractivity contribution is 14.0. The molecular formula is C22H33IN4O2. The molecule has 0 radical (unpaired) electrons. The van der Waals surface area contributed by atoms with E-state index in [1.807, 2.05) is 31.2 Å². The SMILES string of the molecule is CN=C(NCCc1ccccc1OC)NCC(c1ccc(C)o1)N1CCCC1.I. The van der Waals surface area contributed by atoms with E-state index in [-0.39, 0.29) is 30.0 Å². The zero-order valence-corrected chi connectivity index (χ0v) is 19.9. The van der Waals surface area contributed by atoms with Crippen molar-refractivity contribution < 1.29 is 9.15 Å². The van der Waals surface area contributed by atoms with Gasteiger partial charge in [-0.1, -0.05) is 18.2 Å². The third kappa shape index (κ3) is 6.64. The summed E-state index contributed by atoms with van der Waals surface area (Å²) < 4.78 is 11.4. The Kier molecular flexibility index (Phi) is 9.80. The van der Waals surface area contributed by atoms with Crippen LogP contribution in [0.25, 0.3) is 0 Å². The van der Waals surface area contributed by atoms with Gasteiger partial charge in [-0.25, -0.2) is 0 Å². The monoisotopic (exact) mass is 512 g/mol. The largest absolute Gasteiger partial charge is 0.496 e. The lowest BCUT2D eigenvalue weighted by molar-refractivity contribution is 0.213. The highest BCUT2D eigenvalue weighted by atomic mass is 127. The van der Waals surface area contributed by atoms with Crippen LogP contribution in [0.5, 0.6) is 5.75 Å². The number of rotatable bonds is 8. The number of ether oxygens (including phenoxy) is 1. The molecule has 1 fully saturated rings. The fraction of sp³-hybridized carbons (Fsp3) is 0.500. The highest BCUT2D eigenvalue weighted by Crippen LogP contribution is 2.26. The number of methoxy groups -OCH3 is 1. The Morgan fingerprint density at radius 1 is 1.17 bits per heavy atom. The summed E-state index contributed by atoms with van der Waals surface area (Å²) in [5.41, 5.74) is 1.19. The van der Waals surface area contributed by atoms with Gasteiger partial charge in [0.1, 0.15) is 17.3 Å². The number of aryl methyl sites for hydroxylation is 1. The first-order chi connectivity index (χ1) is 13.7. The van der Waals surface area contributed by atoms with E-state index in [4.69, 9.17) is 9.15 Å². The van der Waals surface area contributed by atoms with Crippen LogP contribution < -0.4 is 15.4 Å². The normalized spacial score (nSPS) is 15.6. The summed E-state index contributed by atoms with van der Waals surface area (Å²) >= 11 is 0. The van der Waals surface area contributed by atoms with Gasteiger partial charge in [0.2, 0.25) is 0 Å². The molecule has 6 nitrogen and oxygen atoms in total. The van der Waals surface area contributed by atoms with Crippen LogP contribution in [0.4, 0.5) is 0 Å². The minimum absolute atomic E-state index is 0. The average Bonchev–Trinajstić information content (AvgIpc) is 3.39. The van der Waals surface area contributed by atoms with E-state index in [9.17, 15) is 0 Å². The number of guanidine groups is 1. The minimum Gasteiger partial charge on any atom is -0.496 e. The molecule has 1 atom stereocenters. The van der Waals surface area contributed by atoms with Gasteiger partial charge in [0, 0.05) is 20.1 Å². The van der Waals surface area contributed by atoms with Gasteiger partial charge in [-0.15, -0.1) is 24.0 Å². The van der Waals surface area contributed by atoms with Crippen molar-refractivity contribution in [2.45, 2.75) is 32.2 Å². The number of nitrogens with one attached hydrogen (secondary N) is 2.